The summed E-state index contributed by atoms with van der Waals surface area (Å²) in [6, 6.07) is 2.11. The largest absolute Gasteiger partial charge is 0.385 e. The normalized spacial score (nSPS) is 15.2. The van der Waals surface area contributed by atoms with Crippen molar-refractivity contribution in [2.45, 2.75) is 6.42 Å². The lowest BCUT2D eigenvalue weighted by molar-refractivity contribution is 0.916. The third-order valence-corrected chi connectivity index (χ3v) is 1.82. The summed E-state index contributed by atoms with van der Waals surface area (Å²) in [4.78, 5) is 4.38. The molecule has 1 aromatic heterocycles. The molecule has 1 aromatic rings. The van der Waals surface area contributed by atoms with E-state index in [9.17, 15) is 0 Å². The second-order valence-corrected chi connectivity index (χ2v) is 2.58. The predicted molar refractivity (Wildman–Crippen MR) is 43.1 cm³/mol. The first-order chi connectivity index (χ1) is 4.88. The van der Waals surface area contributed by atoms with Gasteiger partial charge in [0.1, 0.15) is 5.49 Å². The van der Waals surface area contributed by atoms with Gasteiger partial charge in [0.15, 0.2) is 0 Å². The van der Waals surface area contributed by atoms with Gasteiger partial charge in [-0.05, 0) is 18.7 Å². The lowest BCUT2D eigenvalue weighted by Gasteiger charge is -1.95. The van der Waals surface area contributed by atoms with E-state index in [1.807, 2.05) is 7.98 Å². The Kier molecular flexibility index (Phi) is 1.16. The molecule has 0 aliphatic carbocycles. The molecule has 50 valence electrons. The van der Waals surface area contributed by atoms with Crippen LogP contribution >= 0.6 is 0 Å². The topological polar surface area (TPSA) is 17.3 Å². The molecule has 0 amide bonds. The van der Waals surface area contributed by atoms with Gasteiger partial charge in [-0.1, -0.05) is 6.08 Å². The van der Waals surface area contributed by atoms with E-state index in [1.54, 1.807) is 0 Å². The summed E-state index contributed by atoms with van der Waals surface area (Å²) in [6.07, 6.45) is 5.38. The van der Waals surface area contributed by atoms with Crippen LogP contribution in [0, 0.1) is 0 Å². The SMILES string of the molecule is Bn1ccc2c1=NCCC=2. The van der Waals surface area contributed by atoms with Gasteiger partial charge in [0.25, 0.3) is 0 Å². The molecule has 10 heavy (non-hydrogen) atoms. The number of rotatable bonds is 0. The fourth-order valence-corrected chi connectivity index (χ4v) is 1.29. The van der Waals surface area contributed by atoms with Crippen molar-refractivity contribution in [1.82, 2.24) is 4.48 Å². The highest BCUT2D eigenvalue weighted by Gasteiger charge is 1.95. The molecule has 0 N–H and O–H groups in total. The fraction of sp³-hybridized carbons (Fsp3) is 0.286. The van der Waals surface area contributed by atoms with Crippen molar-refractivity contribution in [3.63, 3.8) is 0 Å². The molecular formula is C7H9BN2. The van der Waals surface area contributed by atoms with Gasteiger partial charge in [-0.15, -0.1) is 0 Å². The molecule has 0 radical (unpaired) electrons. The van der Waals surface area contributed by atoms with E-state index in [4.69, 9.17) is 0 Å². The smallest absolute Gasteiger partial charge is 0.224 e. The zero-order valence-electron chi connectivity index (χ0n) is 6.04. The molecular weight excluding hydrogens is 123 g/mol. The molecule has 2 nitrogen and oxygen atoms in total. The third-order valence-electron chi connectivity index (χ3n) is 1.82. The van der Waals surface area contributed by atoms with Crippen molar-refractivity contribution in [3.8, 4) is 0 Å². The van der Waals surface area contributed by atoms with E-state index >= 15 is 0 Å². The Labute approximate surface area is 60.3 Å². The van der Waals surface area contributed by atoms with Gasteiger partial charge in [0, 0.05) is 11.8 Å². The van der Waals surface area contributed by atoms with Crippen molar-refractivity contribution in [1.29, 1.82) is 0 Å². The minimum Gasteiger partial charge on any atom is -0.385 e. The van der Waals surface area contributed by atoms with Crippen LogP contribution in [0.25, 0.3) is 6.08 Å². The first-order valence-electron chi connectivity index (χ1n) is 3.54. The minimum absolute atomic E-state index is 0.949. The Hall–Kier alpha value is -0.985. The van der Waals surface area contributed by atoms with Gasteiger partial charge >= 0.3 is 0 Å². The maximum atomic E-state index is 4.38. The van der Waals surface area contributed by atoms with Crippen LogP contribution in [0.15, 0.2) is 17.3 Å². The Balaban J connectivity index is 2.89. The highest BCUT2D eigenvalue weighted by molar-refractivity contribution is 6.06. The number of aromatic nitrogens is 1. The Morgan fingerprint density at radius 1 is 1.60 bits per heavy atom. The van der Waals surface area contributed by atoms with Gasteiger partial charge in [-0.2, -0.15) is 0 Å². The van der Waals surface area contributed by atoms with Crippen LogP contribution in [-0.2, 0) is 0 Å². The molecule has 0 unspecified atom stereocenters. The molecule has 0 saturated carbocycles. The van der Waals surface area contributed by atoms with E-state index in [1.165, 1.54) is 5.22 Å². The number of nitrogens with zero attached hydrogens (tertiary/aromatic N) is 2. The minimum atomic E-state index is 0.949. The van der Waals surface area contributed by atoms with Gasteiger partial charge < -0.3 is 4.48 Å². The quantitative estimate of drug-likeness (QED) is 0.390. The average molecular weight is 132 g/mol. The molecule has 0 fully saturated rings. The van der Waals surface area contributed by atoms with Crippen molar-refractivity contribution < 1.29 is 0 Å². The summed E-state index contributed by atoms with van der Waals surface area (Å²) < 4.78 is 2.06. The van der Waals surface area contributed by atoms with Gasteiger partial charge in [0.05, 0.1) is 0 Å². The van der Waals surface area contributed by atoms with Gasteiger partial charge in [-0.3, -0.25) is 4.99 Å². The van der Waals surface area contributed by atoms with Crippen LogP contribution in [0.5, 0.6) is 0 Å². The molecule has 0 bridgehead atoms. The second kappa shape index (κ2) is 2.01. The van der Waals surface area contributed by atoms with Crippen LogP contribution in [-0.4, -0.2) is 19.0 Å². The highest BCUT2D eigenvalue weighted by atomic mass is 14.9. The van der Waals surface area contributed by atoms with Crippen molar-refractivity contribution in [3.05, 3.63) is 23.0 Å². The Morgan fingerprint density at radius 2 is 2.50 bits per heavy atom. The van der Waals surface area contributed by atoms with E-state index in [0.717, 1.165) is 18.5 Å². The molecule has 0 atom stereocenters. The zero-order chi connectivity index (χ0) is 6.97. The van der Waals surface area contributed by atoms with Crippen LogP contribution in [0.3, 0.4) is 0 Å². The molecule has 0 saturated heterocycles. The van der Waals surface area contributed by atoms with Crippen LogP contribution in [0.1, 0.15) is 6.42 Å². The lowest BCUT2D eigenvalue weighted by atomic mass is 10.3. The van der Waals surface area contributed by atoms with Crippen molar-refractivity contribution in [2.75, 3.05) is 6.54 Å². The molecule has 0 aromatic carbocycles. The van der Waals surface area contributed by atoms with E-state index in [-0.39, 0.29) is 0 Å². The molecule has 2 heterocycles. The highest BCUT2D eigenvalue weighted by Crippen LogP contribution is 1.85. The molecule has 2 rings (SSSR count). The Bertz CT molecular complexity index is 350. The number of hydrogen-bond acceptors (Lipinski definition) is 1. The number of hydrogen-bond donors (Lipinski definition) is 0. The molecule has 0 spiro atoms. The molecule has 1 aliphatic rings. The standard InChI is InChI=1S/C7H9BN2/c8-10-5-3-6-2-1-4-9-7(6)10/h2-3,5H,1,4,8H2. The summed E-state index contributed by atoms with van der Waals surface area (Å²) in [5.41, 5.74) is 1.13. The summed E-state index contributed by atoms with van der Waals surface area (Å²) >= 11 is 0. The zero-order valence-corrected chi connectivity index (χ0v) is 6.04. The van der Waals surface area contributed by atoms with E-state index in [2.05, 4.69) is 27.8 Å². The average Bonchev–Trinajstić information content (AvgIpc) is 2.34. The first kappa shape index (κ1) is 5.77. The summed E-state index contributed by atoms with van der Waals surface area (Å²) in [7, 11) is 2.03. The monoisotopic (exact) mass is 132 g/mol. The summed E-state index contributed by atoms with van der Waals surface area (Å²) in [5.74, 6) is 0. The maximum absolute atomic E-state index is 4.38. The maximum Gasteiger partial charge on any atom is 0.224 e. The van der Waals surface area contributed by atoms with Crippen molar-refractivity contribution >= 4 is 14.1 Å². The van der Waals surface area contributed by atoms with Crippen LogP contribution in [0.4, 0.5) is 0 Å². The van der Waals surface area contributed by atoms with E-state index < -0.39 is 0 Å². The summed E-state index contributed by atoms with van der Waals surface area (Å²) in [6.45, 7) is 0.949. The predicted octanol–water partition coefficient (Wildman–Crippen LogP) is -1.31. The molecule has 1 aliphatic heterocycles. The first-order valence-corrected chi connectivity index (χ1v) is 3.54. The van der Waals surface area contributed by atoms with E-state index in [0.29, 0.717) is 0 Å². The van der Waals surface area contributed by atoms with Crippen LogP contribution < -0.4 is 10.7 Å². The molecule has 3 heteroatoms. The Morgan fingerprint density at radius 3 is 3.30 bits per heavy atom. The lowest BCUT2D eigenvalue weighted by Crippen LogP contribution is -2.31. The van der Waals surface area contributed by atoms with Gasteiger partial charge in [-0.25, -0.2) is 0 Å². The van der Waals surface area contributed by atoms with Crippen molar-refractivity contribution in [2.24, 2.45) is 4.99 Å². The third kappa shape index (κ3) is 0.702. The van der Waals surface area contributed by atoms with Crippen LogP contribution in [0.2, 0.25) is 0 Å². The summed E-state index contributed by atoms with van der Waals surface area (Å²) in [5, 5.41) is 1.29. The fourth-order valence-electron chi connectivity index (χ4n) is 1.29. The van der Waals surface area contributed by atoms with Gasteiger partial charge in [0.2, 0.25) is 7.98 Å². The second-order valence-electron chi connectivity index (χ2n) is 2.58. The number of fused-ring (bicyclic) bond motifs is 1.